The third kappa shape index (κ3) is 4.18. The molecule has 0 amide bonds. The normalized spacial score (nSPS) is 17.8. The summed E-state index contributed by atoms with van der Waals surface area (Å²) in [5.74, 6) is 1.78. The van der Waals surface area contributed by atoms with E-state index in [1.807, 2.05) is 30.3 Å². The third-order valence-electron chi connectivity index (χ3n) is 5.59. The minimum absolute atomic E-state index is 0.225. The second-order valence-corrected chi connectivity index (χ2v) is 9.62. The summed E-state index contributed by atoms with van der Waals surface area (Å²) < 4.78 is 40.9. The van der Waals surface area contributed by atoms with Crippen LogP contribution >= 0.6 is 0 Å². The predicted molar refractivity (Wildman–Crippen MR) is 115 cm³/mol. The molecule has 2 aliphatic heterocycles. The third-order valence-corrected chi connectivity index (χ3v) is 7.48. The molecule has 168 valence electrons. The van der Waals surface area contributed by atoms with E-state index < -0.39 is 10.0 Å². The first-order chi connectivity index (χ1) is 15.6. The monoisotopic (exact) mass is 456 g/mol. The van der Waals surface area contributed by atoms with E-state index in [9.17, 15) is 8.42 Å². The Labute approximate surface area is 186 Å². The van der Waals surface area contributed by atoms with Crippen LogP contribution in [0.5, 0.6) is 11.5 Å². The summed E-state index contributed by atoms with van der Waals surface area (Å²) >= 11 is 0. The molecule has 1 saturated heterocycles. The number of hydrogen-bond donors (Lipinski definition) is 0. The molecule has 3 aromatic rings. The van der Waals surface area contributed by atoms with Gasteiger partial charge in [0.1, 0.15) is 0 Å². The number of benzene rings is 2. The van der Waals surface area contributed by atoms with Gasteiger partial charge in [0, 0.05) is 38.7 Å². The van der Waals surface area contributed by atoms with Crippen LogP contribution in [0.15, 0.2) is 53.4 Å². The summed E-state index contributed by atoms with van der Waals surface area (Å²) in [5, 5.41) is 12.0. The lowest BCUT2D eigenvalue weighted by molar-refractivity contribution is 0.177. The van der Waals surface area contributed by atoms with Crippen LogP contribution in [0.25, 0.3) is 5.69 Å². The van der Waals surface area contributed by atoms with Gasteiger partial charge in [-0.3, -0.25) is 4.90 Å². The van der Waals surface area contributed by atoms with Crippen molar-refractivity contribution < 1.29 is 17.9 Å². The van der Waals surface area contributed by atoms with Crippen molar-refractivity contribution >= 4 is 10.0 Å². The Hall–Kier alpha value is -3.02. The quantitative estimate of drug-likeness (QED) is 0.567. The first-order valence-corrected chi connectivity index (χ1v) is 12.0. The van der Waals surface area contributed by atoms with Gasteiger partial charge in [0.2, 0.25) is 10.0 Å². The van der Waals surface area contributed by atoms with Crippen LogP contribution in [0.3, 0.4) is 0 Å². The van der Waals surface area contributed by atoms with Crippen LogP contribution in [-0.4, -0.2) is 77.2 Å². The molecular weight excluding hydrogens is 432 g/mol. The number of ether oxygens (including phenoxy) is 2. The van der Waals surface area contributed by atoms with Gasteiger partial charge in [0.05, 0.1) is 30.3 Å². The molecule has 0 bridgehead atoms. The average molecular weight is 457 g/mol. The lowest BCUT2D eigenvalue weighted by atomic mass is 10.3. The fourth-order valence-electron chi connectivity index (χ4n) is 3.86. The summed E-state index contributed by atoms with van der Waals surface area (Å²) in [7, 11) is -3.62. The van der Waals surface area contributed by atoms with Crippen molar-refractivity contribution in [3.8, 4) is 17.2 Å². The average Bonchev–Trinajstić information content (AvgIpc) is 3.15. The fourth-order valence-corrected chi connectivity index (χ4v) is 5.29. The minimum Gasteiger partial charge on any atom is -0.490 e. The standard InChI is InChI=1S/C21H24N6O4S/c28-32(29,18-7-8-19-20(15-18)31-14-4-13-30-19)26-11-9-25(10-12-26)16-21-22-23-24-27(21)17-5-2-1-3-6-17/h1-3,5-8,15H,4,9-14,16H2. The van der Waals surface area contributed by atoms with Gasteiger partial charge in [-0.15, -0.1) is 5.10 Å². The van der Waals surface area contributed by atoms with E-state index in [-0.39, 0.29) is 4.90 Å². The number of nitrogens with zero attached hydrogens (tertiary/aromatic N) is 6. The smallest absolute Gasteiger partial charge is 0.243 e. The highest BCUT2D eigenvalue weighted by Crippen LogP contribution is 2.33. The molecular formula is C21H24N6O4S. The molecule has 5 rings (SSSR count). The molecule has 2 aromatic carbocycles. The van der Waals surface area contributed by atoms with Crippen molar-refractivity contribution in [1.29, 1.82) is 0 Å². The molecule has 0 radical (unpaired) electrons. The van der Waals surface area contributed by atoms with E-state index in [2.05, 4.69) is 20.4 Å². The molecule has 1 fully saturated rings. The van der Waals surface area contributed by atoms with E-state index >= 15 is 0 Å². The SMILES string of the molecule is O=S(=O)(c1ccc2c(c1)OCCCO2)N1CCN(Cc2nnnn2-c2ccccc2)CC1. The van der Waals surface area contributed by atoms with Crippen LogP contribution in [0.2, 0.25) is 0 Å². The molecule has 3 heterocycles. The molecule has 32 heavy (non-hydrogen) atoms. The van der Waals surface area contributed by atoms with Gasteiger partial charge in [0.15, 0.2) is 17.3 Å². The van der Waals surface area contributed by atoms with E-state index in [1.54, 1.807) is 22.9 Å². The van der Waals surface area contributed by atoms with Crippen LogP contribution in [0.1, 0.15) is 12.2 Å². The lowest BCUT2D eigenvalue weighted by Crippen LogP contribution is -2.48. The highest BCUT2D eigenvalue weighted by molar-refractivity contribution is 7.89. The molecule has 2 aliphatic rings. The van der Waals surface area contributed by atoms with Crippen LogP contribution in [-0.2, 0) is 16.6 Å². The zero-order valence-corrected chi connectivity index (χ0v) is 18.3. The zero-order chi connectivity index (χ0) is 22.0. The zero-order valence-electron chi connectivity index (χ0n) is 17.5. The van der Waals surface area contributed by atoms with Gasteiger partial charge in [-0.1, -0.05) is 18.2 Å². The maximum atomic E-state index is 13.2. The maximum Gasteiger partial charge on any atom is 0.243 e. The molecule has 0 N–H and O–H groups in total. The van der Waals surface area contributed by atoms with Crippen molar-refractivity contribution in [2.45, 2.75) is 17.9 Å². The van der Waals surface area contributed by atoms with E-state index in [1.165, 1.54) is 4.31 Å². The number of piperazine rings is 1. The first-order valence-electron chi connectivity index (χ1n) is 10.6. The van der Waals surface area contributed by atoms with Gasteiger partial charge in [0.25, 0.3) is 0 Å². The molecule has 11 heteroatoms. The molecule has 10 nitrogen and oxygen atoms in total. The predicted octanol–water partition coefficient (Wildman–Crippen LogP) is 1.33. The number of aromatic nitrogens is 4. The summed E-state index contributed by atoms with van der Waals surface area (Å²) in [5.41, 5.74) is 0.892. The highest BCUT2D eigenvalue weighted by atomic mass is 32.2. The number of sulfonamides is 1. The van der Waals surface area contributed by atoms with E-state index in [4.69, 9.17) is 9.47 Å². The summed E-state index contributed by atoms with van der Waals surface area (Å²) in [6, 6.07) is 14.5. The van der Waals surface area contributed by atoms with E-state index in [0.717, 1.165) is 17.9 Å². The highest BCUT2D eigenvalue weighted by Gasteiger charge is 2.30. The van der Waals surface area contributed by atoms with Crippen molar-refractivity contribution in [2.24, 2.45) is 0 Å². The molecule has 0 atom stereocenters. The van der Waals surface area contributed by atoms with Crippen LogP contribution in [0, 0.1) is 0 Å². The van der Waals surface area contributed by atoms with Gasteiger partial charge < -0.3 is 9.47 Å². The summed E-state index contributed by atoms with van der Waals surface area (Å²) in [6.07, 6.45) is 0.770. The molecule has 0 saturated carbocycles. The largest absolute Gasteiger partial charge is 0.490 e. The van der Waals surface area contributed by atoms with Crippen molar-refractivity contribution in [3.63, 3.8) is 0 Å². The fraction of sp³-hybridized carbons (Fsp3) is 0.381. The van der Waals surface area contributed by atoms with Crippen molar-refractivity contribution in [1.82, 2.24) is 29.4 Å². The van der Waals surface area contributed by atoms with Crippen LogP contribution in [0.4, 0.5) is 0 Å². The Morgan fingerprint density at radius 3 is 2.44 bits per heavy atom. The number of rotatable bonds is 5. The van der Waals surface area contributed by atoms with Crippen molar-refractivity contribution in [2.75, 3.05) is 39.4 Å². The van der Waals surface area contributed by atoms with Gasteiger partial charge in [-0.25, -0.2) is 8.42 Å². The topological polar surface area (TPSA) is 103 Å². The Kier molecular flexibility index (Phi) is 5.77. The second-order valence-electron chi connectivity index (χ2n) is 7.68. The number of para-hydroxylation sites is 1. The minimum atomic E-state index is -3.62. The molecule has 0 aliphatic carbocycles. The summed E-state index contributed by atoms with van der Waals surface area (Å²) in [6.45, 7) is 3.58. The molecule has 0 unspecified atom stereocenters. The maximum absolute atomic E-state index is 13.2. The number of hydrogen-bond acceptors (Lipinski definition) is 8. The Balaban J connectivity index is 1.25. The Bertz CT molecular complexity index is 1180. The Morgan fingerprint density at radius 2 is 1.66 bits per heavy atom. The number of tetrazole rings is 1. The van der Waals surface area contributed by atoms with Crippen molar-refractivity contribution in [3.05, 3.63) is 54.4 Å². The van der Waals surface area contributed by atoms with Gasteiger partial charge in [-0.05, 0) is 34.7 Å². The van der Waals surface area contributed by atoms with E-state index in [0.29, 0.717) is 57.4 Å². The number of fused-ring (bicyclic) bond motifs is 1. The molecule has 0 spiro atoms. The second kappa shape index (κ2) is 8.85. The summed E-state index contributed by atoms with van der Waals surface area (Å²) in [4.78, 5) is 2.38. The van der Waals surface area contributed by atoms with Gasteiger partial charge in [-0.2, -0.15) is 8.99 Å². The Morgan fingerprint density at radius 1 is 0.906 bits per heavy atom. The lowest BCUT2D eigenvalue weighted by Gasteiger charge is -2.33. The first kappa shape index (κ1) is 20.9. The van der Waals surface area contributed by atoms with Crippen LogP contribution < -0.4 is 9.47 Å². The molecule has 1 aromatic heterocycles. The van der Waals surface area contributed by atoms with Gasteiger partial charge >= 0.3 is 0 Å².